The Balaban J connectivity index is 1.80. The van der Waals surface area contributed by atoms with Gasteiger partial charge in [-0.25, -0.2) is 0 Å². The Bertz CT molecular complexity index is 331. The minimum Gasteiger partial charge on any atom is -0.353 e. The first-order valence-electron chi connectivity index (χ1n) is 6.24. The predicted molar refractivity (Wildman–Crippen MR) is 72.1 cm³/mol. The molecule has 1 aliphatic rings. The normalized spacial score (nSPS) is 22.4. The van der Waals surface area contributed by atoms with E-state index in [4.69, 9.17) is 9.47 Å². The van der Waals surface area contributed by atoms with Gasteiger partial charge in [0.25, 0.3) is 0 Å². The van der Waals surface area contributed by atoms with E-state index in [2.05, 4.69) is 47.1 Å². The summed E-state index contributed by atoms with van der Waals surface area (Å²) >= 11 is 3.44. The molecular weight excluding hydrogens is 280 g/mol. The average molecular weight is 299 g/mol. The van der Waals surface area contributed by atoms with Crippen molar-refractivity contribution in [3.8, 4) is 0 Å². The predicted octanol–water partition coefficient (Wildman–Crippen LogP) is 4.10. The lowest BCUT2D eigenvalue weighted by Gasteiger charge is -2.24. The lowest BCUT2D eigenvalue weighted by atomic mass is 10.0. The molecule has 2 nitrogen and oxygen atoms in total. The van der Waals surface area contributed by atoms with Gasteiger partial charge in [-0.15, -0.1) is 0 Å². The molecule has 17 heavy (non-hydrogen) atoms. The quantitative estimate of drug-likeness (QED) is 0.833. The molecule has 1 heterocycles. The van der Waals surface area contributed by atoms with E-state index in [-0.39, 0.29) is 6.29 Å². The Hall–Kier alpha value is -0.380. The minimum atomic E-state index is 0.0154. The van der Waals surface area contributed by atoms with Crippen LogP contribution in [0.4, 0.5) is 0 Å². The second-order valence-electron chi connectivity index (χ2n) is 4.58. The molecule has 1 saturated heterocycles. The highest BCUT2D eigenvalue weighted by molar-refractivity contribution is 9.10. The summed E-state index contributed by atoms with van der Waals surface area (Å²) in [4.78, 5) is 0. The van der Waals surface area contributed by atoms with Gasteiger partial charge in [0, 0.05) is 17.0 Å². The molecule has 0 aromatic heterocycles. The molecule has 2 rings (SSSR count). The average Bonchev–Trinajstić information content (AvgIpc) is 2.38. The topological polar surface area (TPSA) is 18.5 Å². The van der Waals surface area contributed by atoms with Gasteiger partial charge in [0.1, 0.15) is 0 Å². The molecule has 1 aromatic carbocycles. The molecule has 2 unspecified atom stereocenters. The third kappa shape index (κ3) is 4.09. The number of rotatable bonds is 4. The minimum absolute atomic E-state index is 0.0154. The van der Waals surface area contributed by atoms with Crippen LogP contribution in [0.25, 0.3) is 0 Å². The van der Waals surface area contributed by atoms with E-state index in [1.54, 1.807) is 0 Å². The van der Waals surface area contributed by atoms with Crippen LogP contribution < -0.4 is 0 Å². The maximum Gasteiger partial charge on any atom is 0.157 e. The molecule has 0 aliphatic carbocycles. The lowest BCUT2D eigenvalue weighted by molar-refractivity contribution is -0.164. The molecule has 1 aliphatic heterocycles. The molecule has 0 N–H and O–H groups in total. The molecule has 0 bridgehead atoms. The summed E-state index contributed by atoms with van der Waals surface area (Å²) < 4.78 is 12.5. The highest BCUT2D eigenvalue weighted by Gasteiger charge is 2.15. The fraction of sp³-hybridized carbons (Fsp3) is 0.571. The Labute approximate surface area is 111 Å². The van der Waals surface area contributed by atoms with Crippen molar-refractivity contribution in [1.82, 2.24) is 0 Å². The Morgan fingerprint density at radius 2 is 2.12 bits per heavy atom. The second kappa shape index (κ2) is 6.53. The summed E-state index contributed by atoms with van der Waals surface area (Å²) in [7, 11) is 0. The van der Waals surface area contributed by atoms with Gasteiger partial charge in [0.2, 0.25) is 0 Å². The van der Waals surface area contributed by atoms with Crippen molar-refractivity contribution < 1.29 is 9.47 Å². The molecule has 1 aromatic rings. The van der Waals surface area contributed by atoms with Gasteiger partial charge in [-0.05, 0) is 37.0 Å². The SMILES string of the molecule is CC(COC1CCCCO1)c1ccc(Br)cc1. The van der Waals surface area contributed by atoms with Crippen molar-refractivity contribution >= 4 is 15.9 Å². The maximum absolute atomic E-state index is 5.80. The Morgan fingerprint density at radius 1 is 1.35 bits per heavy atom. The molecule has 1 fully saturated rings. The summed E-state index contributed by atoms with van der Waals surface area (Å²) in [5.74, 6) is 0.411. The van der Waals surface area contributed by atoms with Crippen molar-refractivity contribution in [1.29, 1.82) is 0 Å². The van der Waals surface area contributed by atoms with Crippen molar-refractivity contribution in [2.75, 3.05) is 13.2 Å². The van der Waals surface area contributed by atoms with E-state index < -0.39 is 0 Å². The van der Waals surface area contributed by atoms with Gasteiger partial charge in [-0.2, -0.15) is 0 Å². The number of benzene rings is 1. The van der Waals surface area contributed by atoms with E-state index >= 15 is 0 Å². The van der Waals surface area contributed by atoms with Crippen LogP contribution in [-0.2, 0) is 9.47 Å². The first-order chi connectivity index (χ1) is 8.25. The molecular formula is C14H19BrO2. The van der Waals surface area contributed by atoms with Crippen LogP contribution in [-0.4, -0.2) is 19.5 Å². The van der Waals surface area contributed by atoms with E-state index in [1.165, 1.54) is 18.4 Å². The lowest BCUT2D eigenvalue weighted by Crippen LogP contribution is -2.24. The van der Waals surface area contributed by atoms with Crippen LogP contribution in [0.15, 0.2) is 28.7 Å². The number of hydrogen-bond donors (Lipinski definition) is 0. The number of hydrogen-bond acceptors (Lipinski definition) is 2. The smallest absolute Gasteiger partial charge is 0.157 e. The van der Waals surface area contributed by atoms with Crippen LogP contribution in [0.2, 0.25) is 0 Å². The van der Waals surface area contributed by atoms with Gasteiger partial charge in [-0.1, -0.05) is 35.0 Å². The van der Waals surface area contributed by atoms with Gasteiger partial charge in [0.05, 0.1) is 6.61 Å². The third-order valence-corrected chi connectivity index (χ3v) is 3.64. The molecule has 0 radical (unpaired) electrons. The van der Waals surface area contributed by atoms with E-state index in [1.807, 2.05) is 0 Å². The fourth-order valence-electron chi connectivity index (χ4n) is 1.98. The largest absolute Gasteiger partial charge is 0.353 e. The van der Waals surface area contributed by atoms with E-state index in [9.17, 15) is 0 Å². The first-order valence-corrected chi connectivity index (χ1v) is 7.03. The van der Waals surface area contributed by atoms with Gasteiger partial charge < -0.3 is 9.47 Å². The molecule has 0 amide bonds. The molecule has 2 atom stereocenters. The summed E-state index contributed by atoms with van der Waals surface area (Å²) in [5.41, 5.74) is 1.31. The van der Waals surface area contributed by atoms with Gasteiger partial charge >= 0.3 is 0 Å². The Morgan fingerprint density at radius 3 is 2.76 bits per heavy atom. The number of halogens is 1. The zero-order valence-electron chi connectivity index (χ0n) is 10.2. The zero-order chi connectivity index (χ0) is 12.1. The van der Waals surface area contributed by atoms with Crippen LogP contribution in [0.3, 0.4) is 0 Å². The van der Waals surface area contributed by atoms with E-state index in [0.717, 1.165) is 24.1 Å². The first kappa shape index (κ1) is 13.1. The molecule has 3 heteroatoms. The van der Waals surface area contributed by atoms with Crippen molar-refractivity contribution in [2.24, 2.45) is 0 Å². The van der Waals surface area contributed by atoms with Crippen molar-refractivity contribution in [3.63, 3.8) is 0 Å². The summed E-state index contributed by atoms with van der Waals surface area (Å²) in [6, 6.07) is 8.42. The monoisotopic (exact) mass is 298 g/mol. The maximum atomic E-state index is 5.80. The van der Waals surface area contributed by atoms with Gasteiger partial charge in [0.15, 0.2) is 6.29 Å². The Kier molecular flexibility index (Phi) is 5.01. The van der Waals surface area contributed by atoms with Crippen LogP contribution in [0.5, 0.6) is 0 Å². The van der Waals surface area contributed by atoms with E-state index in [0.29, 0.717) is 5.92 Å². The molecule has 94 valence electrons. The van der Waals surface area contributed by atoms with Crippen molar-refractivity contribution in [3.05, 3.63) is 34.3 Å². The second-order valence-corrected chi connectivity index (χ2v) is 5.50. The third-order valence-electron chi connectivity index (χ3n) is 3.11. The van der Waals surface area contributed by atoms with Crippen molar-refractivity contribution in [2.45, 2.75) is 38.4 Å². The van der Waals surface area contributed by atoms with Crippen LogP contribution in [0.1, 0.15) is 37.7 Å². The standard InChI is InChI=1S/C14H19BrO2/c1-11(12-5-7-13(15)8-6-12)10-17-14-4-2-3-9-16-14/h5-8,11,14H,2-4,9-10H2,1H3. The fourth-order valence-corrected chi connectivity index (χ4v) is 2.25. The highest BCUT2D eigenvalue weighted by atomic mass is 79.9. The molecule has 0 saturated carbocycles. The highest BCUT2D eigenvalue weighted by Crippen LogP contribution is 2.21. The summed E-state index contributed by atoms with van der Waals surface area (Å²) in [5, 5.41) is 0. The molecule has 0 spiro atoms. The van der Waals surface area contributed by atoms with Crippen LogP contribution in [0, 0.1) is 0 Å². The van der Waals surface area contributed by atoms with Crippen LogP contribution >= 0.6 is 15.9 Å². The summed E-state index contributed by atoms with van der Waals surface area (Å²) in [6.07, 6.45) is 3.44. The van der Waals surface area contributed by atoms with Gasteiger partial charge in [-0.3, -0.25) is 0 Å². The zero-order valence-corrected chi connectivity index (χ0v) is 11.8. The number of ether oxygens (including phenoxy) is 2. The summed E-state index contributed by atoms with van der Waals surface area (Å²) in [6.45, 7) is 3.76.